The Bertz CT molecular complexity index is 946. The minimum atomic E-state index is -0.746. The van der Waals surface area contributed by atoms with Crippen molar-refractivity contribution in [3.05, 3.63) is 68.3 Å². The SMILES string of the molecule is CNc1c(C(C)=O)cc([N+](=O)[O-])c2c1C(=O)c1ccccc1C2=O. The highest BCUT2D eigenvalue weighted by Gasteiger charge is 2.39. The Morgan fingerprint density at radius 2 is 1.62 bits per heavy atom. The van der Waals surface area contributed by atoms with E-state index in [1.165, 1.54) is 26.1 Å². The molecule has 1 aliphatic rings. The first kappa shape index (κ1) is 15.5. The number of nitrogens with zero attached hydrogens (tertiary/aromatic N) is 1. The average molecular weight is 324 g/mol. The molecule has 1 aliphatic carbocycles. The third-order valence-corrected chi connectivity index (χ3v) is 4.00. The van der Waals surface area contributed by atoms with E-state index in [1.807, 2.05) is 0 Å². The van der Waals surface area contributed by atoms with E-state index in [0.717, 1.165) is 6.07 Å². The lowest BCUT2D eigenvalue weighted by Crippen LogP contribution is -2.24. The van der Waals surface area contributed by atoms with Crippen LogP contribution in [0.4, 0.5) is 11.4 Å². The second-order valence-corrected chi connectivity index (χ2v) is 5.34. The summed E-state index contributed by atoms with van der Waals surface area (Å²) in [6.45, 7) is 1.25. The number of benzene rings is 2. The minimum absolute atomic E-state index is 0.00322. The number of Topliss-reactive ketones (excluding diaryl/α,β-unsaturated/α-hetero) is 1. The Hall–Kier alpha value is -3.35. The van der Waals surface area contributed by atoms with Crippen LogP contribution in [0.5, 0.6) is 0 Å². The fraction of sp³-hybridized carbons (Fsp3) is 0.118. The van der Waals surface area contributed by atoms with Gasteiger partial charge in [-0.3, -0.25) is 24.5 Å². The molecule has 3 rings (SSSR count). The molecule has 0 amide bonds. The molecule has 0 aromatic heterocycles. The molecule has 0 atom stereocenters. The number of ketones is 3. The summed E-state index contributed by atoms with van der Waals surface area (Å²) in [4.78, 5) is 48.2. The first-order chi connectivity index (χ1) is 11.4. The molecule has 7 heteroatoms. The molecule has 2 aromatic carbocycles. The van der Waals surface area contributed by atoms with Gasteiger partial charge in [-0.2, -0.15) is 0 Å². The van der Waals surface area contributed by atoms with Crippen molar-refractivity contribution in [2.45, 2.75) is 6.92 Å². The molecule has 0 aliphatic heterocycles. The molecule has 0 bridgehead atoms. The van der Waals surface area contributed by atoms with Gasteiger partial charge >= 0.3 is 0 Å². The second-order valence-electron chi connectivity index (χ2n) is 5.34. The second kappa shape index (κ2) is 5.38. The fourth-order valence-corrected chi connectivity index (χ4v) is 2.96. The maximum atomic E-state index is 12.9. The zero-order valence-corrected chi connectivity index (χ0v) is 12.9. The number of carbonyl (C=O) groups is 3. The van der Waals surface area contributed by atoms with Crippen molar-refractivity contribution in [1.29, 1.82) is 0 Å². The predicted octanol–water partition coefficient (Wildman–Crippen LogP) is 2.61. The molecule has 1 N–H and O–H groups in total. The molecule has 2 aromatic rings. The van der Waals surface area contributed by atoms with E-state index in [1.54, 1.807) is 12.1 Å². The van der Waals surface area contributed by atoms with Gasteiger partial charge in [-0.25, -0.2) is 0 Å². The quantitative estimate of drug-likeness (QED) is 0.451. The van der Waals surface area contributed by atoms with Crippen molar-refractivity contribution in [1.82, 2.24) is 0 Å². The van der Waals surface area contributed by atoms with Gasteiger partial charge < -0.3 is 5.32 Å². The number of hydrogen-bond donors (Lipinski definition) is 1. The number of nitro groups is 1. The first-order valence-electron chi connectivity index (χ1n) is 7.11. The van der Waals surface area contributed by atoms with E-state index in [4.69, 9.17) is 0 Å². The van der Waals surface area contributed by atoms with Crippen LogP contribution in [0.1, 0.15) is 49.1 Å². The highest BCUT2D eigenvalue weighted by Crippen LogP contribution is 2.39. The van der Waals surface area contributed by atoms with Gasteiger partial charge in [0.25, 0.3) is 5.69 Å². The molecule has 0 unspecified atom stereocenters. The molecule has 120 valence electrons. The lowest BCUT2D eigenvalue weighted by molar-refractivity contribution is -0.385. The lowest BCUT2D eigenvalue weighted by Gasteiger charge is -2.21. The van der Waals surface area contributed by atoms with Gasteiger partial charge in [-0.1, -0.05) is 24.3 Å². The summed E-state index contributed by atoms with van der Waals surface area (Å²) < 4.78 is 0. The van der Waals surface area contributed by atoms with Gasteiger partial charge in [0.05, 0.1) is 16.2 Å². The number of hydrogen-bond acceptors (Lipinski definition) is 6. The first-order valence-corrected chi connectivity index (χ1v) is 7.11. The van der Waals surface area contributed by atoms with Crippen molar-refractivity contribution < 1.29 is 19.3 Å². The third-order valence-electron chi connectivity index (χ3n) is 4.00. The lowest BCUT2D eigenvalue weighted by atomic mass is 9.81. The van der Waals surface area contributed by atoms with Crippen molar-refractivity contribution in [2.75, 3.05) is 12.4 Å². The van der Waals surface area contributed by atoms with Crippen LogP contribution in [0.15, 0.2) is 30.3 Å². The predicted molar refractivity (Wildman–Crippen MR) is 86.0 cm³/mol. The van der Waals surface area contributed by atoms with E-state index in [0.29, 0.717) is 0 Å². The number of carbonyl (C=O) groups excluding carboxylic acids is 3. The number of rotatable bonds is 3. The van der Waals surface area contributed by atoms with E-state index in [2.05, 4.69) is 5.32 Å². The molecular weight excluding hydrogens is 312 g/mol. The normalized spacial score (nSPS) is 12.4. The van der Waals surface area contributed by atoms with Gasteiger partial charge in [0.2, 0.25) is 5.78 Å². The molecule has 7 nitrogen and oxygen atoms in total. The topological polar surface area (TPSA) is 106 Å². The van der Waals surface area contributed by atoms with E-state index in [-0.39, 0.29) is 33.5 Å². The van der Waals surface area contributed by atoms with Crippen molar-refractivity contribution in [3.8, 4) is 0 Å². The monoisotopic (exact) mass is 324 g/mol. The number of fused-ring (bicyclic) bond motifs is 2. The number of nitrogens with one attached hydrogen (secondary N) is 1. The standard InChI is InChI=1S/C17H12N2O5/c1-8(20)11-7-12(19(23)24)13-14(15(11)18-2)17(22)10-6-4-3-5-9(10)16(13)21/h3-7,18H,1-2H3. The van der Waals surface area contributed by atoms with Crippen LogP contribution in [-0.4, -0.2) is 29.3 Å². The van der Waals surface area contributed by atoms with Crippen LogP contribution in [-0.2, 0) is 0 Å². The van der Waals surface area contributed by atoms with Crippen LogP contribution in [0.2, 0.25) is 0 Å². The molecule has 0 fully saturated rings. The zero-order chi connectivity index (χ0) is 17.6. The van der Waals surface area contributed by atoms with E-state index >= 15 is 0 Å². The highest BCUT2D eigenvalue weighted by molar-refractivity contribution is 6.32. The maximum Gasteiger partial charge on any atom is 0.282 e. The van der Waals surface area contributed by atoms with Crippen molar-refractivity contribution >= 4 is 28.7 Å². The van der Waals surface area contributed by atoms with Crippen LogP contribution in [0.25, 0.3) is 0 Å². The fourth-order valence-electron chi connectivity index (χ4n) is 2.96. The molecule has 0 saturated heterocycles. The van der Waals surface area contributed by atoms with Crippen LogP contribution < -0.4 is 5.32 Å². The Morgan fingerprint density at radius 3 is 2.08 bits per heavy atom. The number of anilines is 1. The summed E-state index contributed by atoms with van der Waals surface area (Å²) >= 11 is 0. The summed E-state index contributed by atoms with van der Waals surface area (Å²) in [5, 5.41) is 14.2. The number of nitro benzene ring substituents is 1. The Labute approximate surface area is 136 Å². The van der Waals surface area contributed by atoms with Gasteiger partial charge in [-0.05, 0) is 6.92 Å². The average Bonchev–Trinajstić information content (AvgIpc) is 2.57. The molecule has 0 heterocycles. The van der Waals surface area contributed by atoms with E-state index in [9.17, 15) is 24.5 Å². The summed E-state index contributed by atoms with van der Waals surface area (Å²) in [5.74, 6) is -1.56. The summed E-state index contributed by atoms with van der Waals surface area (Å²) in [6.07, 6.45) is 0. The summed E-state index contributed by atoms with van der Waals surface area (Å²) in [6, 6.07) is 7.19. The Morgan fingerprint density at radius 1 is 1.08 bits per heavy atom. The zero-order valence-electron chi connectivity index (χ0n) is 12.9. The molecular formula is C17H12N2O5. The van der Waals surface area contributed by atoms with E-state index < -0.39 is 28.0 Å². The Kier molecular flexibility index (Phi) is 3.48. The van der Waals surface area contributed by atoms with Crippen molar-refractivity contribution in [3.63, 3.8) is 0 Å². The maximum absolute atomic E-state index is 12.9. The highest BCUT2D eigenvalue weighted by atomic mass is 16.6. The third kappa shape index (κ3) is 2.02. The van der Waals surface area contributed by atoms with Crippen LogP contribution in [0, 0.1) is 10.1 Å². The summed E-state index contributed by atoms with van der Waals surface area (Å²) in [7, 11) is 1.49. The molecule has 0 saturated carbocycles. The largest absolute Gasteiger partial charge is 0.387 e. The van der Waals surface area contributed by atoms with Gasteiger partial charge in [0.1, 0.15) is 5.56 Å². The summed E-state index contributed by atoms with van der Waals surface area (Å²) in [5.41, 5.74) is -0.516. The Balaban J connectivity index is 2.48. The van der Waals surface area contributed by atoms with Crippen LogP contribution >= 0.6 is 0 Å². The minimum Gasteiger partial charge on any atom is -0.387 e. The van der Waals surface area contributed by atoms with Gasteiger partial charge in [0.15, 0.2) is 11.6 Å². The molecule has 24 heavy (non-hydrogen) atoms. The van der Waals surface area contributed by atoms with Crippen molar-refractivity contribution in [2.24, 2.45) is 0 Å². The molecule has 0 spiro atoms. The smallest absolute Gasteiger partial charge is 0.282 e. The van der Waals surface area contributed by atoms with Crippen LogP contribution in [0.3, 0.4) is 0 Å². The van der Waals surface area contributed by atoms with Gasteiger partial charge in [-0.15, -0.1) is 0 Å². The molecule has 0 radical (unpaired) electrons. The van der Waals surface area contributed by atoms with Gasteiger partial charge in [0, 0.05) is 29.8 Å².